The highest BCUT2D eigenvalue weighted by atomic mass is 19.1. The van der Waals surface area contributed by atoms with Crippen molar-refractivity contribution in [2.75, 3.05) is 5.73 Å². The molecule has 5 heteroatoms. The Morgan fingerprint density at radius 3 is 2.80 bits per heavy atom. The minimum absolute atomic E-state index is 0.239. The highest BCUT2D eigenvalue weighted by Crippen LogP contribution is 2.24. The molecule has 2 heterocycles. The SMILES string of the molecule is Cc1ccc(-n2cncc2-c2ccnc(N)c2)cc1F. The molecule has 4 nitrogen and oxygen atoms in total. The quantitative estimate of drug-likeness (QED) is 0.777. The van der Waals surface area contributed by atoms with Crippen molar-refractivity contribution < 1.29 is 4.39 Å². The summed E-state index contributed by atoms with van der Waals surface area (Å²) in [6.07, 6.45) is 5.00. The Bertz CT molecular complexity index is 764. The molecule has 0 aliphatic rings. The van der Waals surface area contributed by atoms with Gasteiger partial charge in [-0.05, 0) is 36.8 Å². The van der Waals surface area contributed by atoms with E-state index in [9.17, 15) is 4.39 Å². The van der Waals surface area contributed by atoms with Crippen molar-refractivity contribution in [3.8, 4) is 16.9 Å². The number of nitrogens with two attached hydrogens (primary N) is 1. The molecule has 2 aromatic heterocycles. The number of anilines is 1. The average Bonchev–Trinajstić information content (AvgIpc) is 2.91. The van der Waals surface area contributed by atoms with Crippen molar-refractivity contribution in [2.24, 2.45) is 0 Å². The predicted octanol–water partition coefficient (Wildman–Crippen LogP) is 2.96. The Morgan fingerprint density at radius 1 is 1.20 bits per heavy atom. The summed E-state index contributed by atoms with van der Waals surface area (Å²) in [5.74, 6) is 0.196. The number of benzene rings is 1. The smallest absolute Gasteiger partial charge is 0.128 e. The monoisotopic (exact) mass is 268 g/mol. The van der Waals surface area contributed by atoms with Gasteiger partial charge in [0.1, 0.15) is 11.6 Å². The number of hydrogen-bond donors (Lipinski definition) is 1. The van der Waals surface area contributed by atoms with Crippen molar-refractivity contribution in [3.63, 3.8) is 0 Å². The second-order valence-electron chi connectivity index (χ2n) is 4.55. The van der Waals surface area contributed by atoms with E-state index < -0.39 is 0 Å². The number of halogens is 1. The molecule has 0 aliphatic carbocycles. The topological polar surface area (TPSA) is 56.7 Å². The normalized spacial score (nSPS) is 10.7. The Labute approximate surface area is 115 Å². The van der Waals surface area contributed by atoms with Crippen molar-refractivity contribution >= 4 is 5.82 Å². The highest BCUT2D eigenvalue weighted by molar-refractivity contribution is 5.64. The van der Waals surface area contributed by atoms with Crippen LogP contribution in [0.5, 0.6) is 0 Å². The van der Waals surface area contributed by atoms with Crippen LogP contribution in [0.2, 0.25) is 0 Å². The van der Waals surface area contributed by atoms with Gasteiger partial charge in [-0.3, -0.25) is 4.57 Å². The lowest BCUT2D eigenvalue weighted by molar-refractivity contribution is 0.617. The Balaban J connectivity index is 2.12. The maximum Gasteiger partial charge on any atom is 0.128 e. The molecule has 0 atom stereocenters. The van der Waals surface area contributed by atoms with E-state index in [0.717, 1.165) is 16.9 Å². The number of nitrogens with zero attached hydrogens (tertiary/aromatic N) is 3. The van der Waals surface area contributed by atoms with E-state index >= 15 is 0 Å². The van der Waals surface area contributed by atoms with E-state index in [1.165, 1.54) is 6.07 Å². The molecule has 0 fully saturated rings. The minimum atomic E-state index is -0.239. The number of imidazole rings is 1. The second kappa shape index (κ2) is 4.77. The number of pyridine rings is 1. The average molecular weight is 268 g/mol. The summed E-state index contributed by atoms with van der Waals surface area (Å²) in [6, 6.07) is 8.70. The van der Waals surface area contributed by atoms with Crippen LogP contribution in [0.15, 0.2) is 49.1 Å². The van der Waals surface area contributed by atoms with Gasteiger partial charge < -0.3 is 5.73 Å². The molecule has 3 rings (SSSR count). The van der Waals surface area contributed by atoms with Gasteiger partial charge in [0.25, 0.3) is 0 Å². The van der Waals surface area contributed by atoms with Gasteiger partial charge >= 0.3 is 0 Å². The summed E-state index contributed by atoms with van der Waals surface area (Å²) in [5.41, 5.74) is 8.75. The van der Waals surface area contributed by atoms with Crippen LogP contribution in [0.4, 0.5) is 10.2 Å². The molecular weight excluding hydrogens is 255 g/mol. The van der Waals surface area contributed by atoms with E-state index in [4.69, 9.17) is 5.73 Å². The fraction of sp³-hybridized carbons (Fsp3) is 0.0667. The number of rotatable bonds is 2. The van der Waals surface area contributed by atoms with Gasteiger partial charge in [0, 0.05) is 11.8 Å². The summed E-state index contributed by atoms with van der Waals surface area (Å²) < 4.78 is 15.5. The number of nitrogen functional groups attached to an aromatic ring is 1. The summed E-state index contributed by atoms with van der Waals surface area (Å²) >= 11 is 0. The van der Waals surface area contributed by atoms with Crippen LogP contribution in [-0.4, -0.2) is 14.5 Å². The molecule has 0 unspecified atom stereocenters. The first-order valence-corrected chi connectivity index (χ1v) is 6.16. The lowest BCUT2D eigenvalue weighted by atomic mass is 10.1. The van der Waals surface area contributed by atoms with E-state index in [1.54, 1.807) is 37.8 Å². The first kappa shape index (κ1) is 12.3. The lowest BCUT2D eigenvalue weighted by Gasteiger charge is -2.09. The molecule has 2 N–H and O–H groups in total. The first-order valence-electron chi connectivity index (χ1n) is 6.16. The molecular formula is C15H13FN4. The van der Waals surface area contributed by atoms with E-state index in [-0.39, 0.29) is 5.82 Å². The van der Waals surface area contributed by atoms with Crippen molar-refractivity contribution in [1.29, 1.82) is 0 Å². The van der Waals surface area contributed by atoms with Crippen molar-refractivity contribution in [2.45, 2.75) is 6.92 Å². The molecule has 0 saturated heterocycles. The van der Waals surface area contributed by atoms with Gasteiger partial charge in [-0.2, -0.15) is 0 Å². The fourth-order valence-corrected chi connectivity index (χ4v) is 2.05. The third-order valence-electron chi connectivity index (χ3n) is 3.15. The molecule has 100 valence electrons. The molecule has 0 radical (unpaired) electrons. The summed E-state index contributed by atoms with van der Waals surface area (Å²) in [6.45, 7) is 1.73. The summed E-state index contributed by atoms with van der Waals surface area (Å²) in [7, 11) is 0. The zero-order valence-corrected chi connectivity index (χ0v) is 10.9. The van der Waals surface area contributed by atoms with Crippen LogP contribution >= 0.6 is 0 Å². The van der Waals surface area contributed by atoms with Gasteiger partial charge in [0.05, 0.1) is 23.9 Å². The molecule has 1 aromatic carbocycles. The van der Waals surface area contributed by atoms with E-state index in [2.05, 4.69) is 9.97 Å². The summed E-state index contributed by atoms with van der Waals surface area (Å²) in [4.78, 5) is 8.10. The van der Waals surface area contributed by atoms with Gasteiger partial charge in [0.15, 0.2) is 0 Å². The van der Waals surface area contributed by atoms with Crippen molar-refractivity contribution in [3.05, 3.63) is 60.4 Å². The zero-order chi connectivity index (χ0) is 14.1. The maximum absolute atomic E-state index is 13.7. The van der Waals surface area contributed by atoms with Gasteiger partial charge in [0.2, 0.25) is 0 Å². The zero-order valence-electron chi connectivity index (χ0n) is 10.9. The van der Waals surface area contributed by atoms with Gasteiger partial charge in [-0.15, -0.1) is 0 Å². The first-order chi connectivity index (χ1) is 9.65. The number of aryl methyl sites for hydroxylation is 1. The van der Waals surface area contributed by atoms with Crippen LogP contribution < -0.4 is 5.73 Å². The Hall–Kier alpha value is -2.69. The predicted molar refractivity (Wildman–Crippen MR) is 75.9 cm³/mol. The fourth-order valence-electron chi connectivity index (χ4n) is 2.05. The number of aromatic nitrogens is 3. The van der Waals surface area contributed by atoms with Crippen LogP contribution in [0, 0.1) is 12.7 Å². The van der Waals surface area contributed by atoms with E-state index in [1.807, 2.05) is 16.7 Å². The Morgan fingerprint density at radius 2 is 2.05 bits per heavy atom. The molecule has 0 spiro atoms. The third-order valence-corrected chi connectivity index (χ3v) is 3.15. The Kier molecular flexibility index (Phi) is 2.95. The minimum Gasteiger partial charge on any atom is -0.384 e. The number of hydrogen-bond acceptors (Lipinski definition) is 3. The van der Waals surface area contributed by atoms with E-state index in [0.29, 0.717) is 11.4 Å². The van der Waals surface area contributed by atoms with Crippen LogP contribution in [-0.2, 0) is 0 Å². The van der Waals surface area contributed by atoms with Gasteiger partial charge in [-0.1, -0.05) is 6.07 Å². The van der Waals surface area contributed by atoms with Crippen LogP contribution in [0.3, 0.4) is 0 Å². The lowest BCUT2D eigenvalue weighted by Crippen LogP contribution is -1.98. The maximum atomic E-state index is 13.7. The van der Waals surface area contributed by atoms with Gasteiger partial charge in [-0.25, -0.2) is 14.4 Å². The standard InChI is InChI=1S/C15H13FN4/c1-10-2-3-12(7-13(10)16)20-9-18-8-14(20)11-4-5-19-15(17)6-11/h2-9H,1H3,(H2,17,19). The molecule has 0 amide bonds. The molecule has 0 saturated carbocycles. The molecule has 0 aliphatic heterocycles. The highest BCUT2D eigenvalue weighted by Gasteiger charge is 2.09. The molecule has 0 bridgehead atoms. The largest absolute Gasteiger partial charge is 0.384 e. The molecule has 20 heavy (non-hydrogen) atoms. The third kappa shape index (κ3) is 2.14. The van der Waals surface area contributed by atoms with Crippen LogP contribution in [0.1, 0.15) is 5.56 Å². The van der Waals surface area contributed by atoms with Crippen molar-refractivity contribution in [1.82, 2.24) is 14.5 Å². The summed E-state index contributed by atoms with van der Waals surface area (Å²) in [5, 5.41) is 0. The second-order valence-corrected chi connectivity index (χ2v) is 4.55. The molecule has 3 aromatic rings. The van der Waals surface area contributed by atoms with Crippen LogP contribution in [0.25, 0.3) is 16.9 Å².